The quantitative estimate of drug-likeness (QED) is 0.762. The van der Waals surface area contributed by atoms with Crippen molar-refractivity contribution in [1.82, 2.24) is 25.0 Å². The highest BCUT2D eigenvalue weighted by Crippen LogP contribution is 2.27. The summed E-state index contributed by atoms with van der Waals surface area (Å²) in [5, 5.41) is 7.63. The molecular weight excluding hydrogens is 334 g/mol. The van der Waals surface area contributed by atoms with Crippen LogP contribution in [0.4, 0.5) is 0 Å². The number of amides is 1. The van der Waals surface area contributed by atoms with Crippen molar-refractivity contribution >= 4 is 34.5 Å². The van der Waals surface area contributed by atoms with E-state index in [1.54, 1.807) is 24.7 Å². The molecule has 0 unspecified atom stereocenters. The van der Waals surface area contributed by atoms with E-state index in [1.165, 1.54) is 11.3 Å². The summed E-state index contributed by atoms with van der Waals surface area (Å²) in [6.45, 7) is 1.77. The third-order valence-corrected chi connectivity index (χ3v) is 5.06. The van der Waals surface area contributed by atoms with Gasteiger partial charge in [0.15, 0.2) is 0 Å². The van der Waals surface area contributed by atoms with Gasteiger partial charge in [0.2, 0.25) is 0 Å². The summed E-state index contributed by atoms with van der Waals surface area (Å²) in [4.78, 5) is 21.6. The molecule has 1 fully saturated rings. The van der Waals surface area contributed by atoms with Crippen molar-refractivity contribution in [1.29, 1.82) is 0 Å². The SMILES string of the molecule is O=C(N[C@@H]1CCNC1)c1cnc(-c2cnc3ccc(Cl)cn23)s1. The highest BCUT2D eigenvalue weighted by Gasteiger charge is 2.20. The molecule has 1 atom stereocenters. The molecule has 1 amide bonds. The fourth-order valence-electron chi connectivity index (χ4n) is 2.64. The zero-order chi connectivity index (χ0) is 15.8. The Bertz CT molecular complexity index is 868. The number of aromatic nitrogens is 3. The van der Waals surface area contributed by atoms with Gasteiger partial charge in [0.1, 0.15) is 21.2 Å². The molecule has 6 nitrogen and oxygen atoms in total. The summed E-state index contributed by atoms with van der Waals surface area (Å²) in [7, 11) is 0. The van der Waals surface area contributed by atoms with Crippen LogP contribution in [0.25, 0.3) is 16.3 Å². The fraction of sp³-hybridized carbons (Fsp3) is 0.267. The molecule has 118 valence electrons. The van der Waals surface area contributed by atoms with E-state index in [-0.39, 0.29) is 11.9 Å². The molecule has 8 heteroatoms. The van der Waals surface area contributed by atoms with Crippen molar-refractivity contribution in [2.24, 2.45) is 0 Å². The molecule has 4 heterocycles. The second kappa shape index (κ2) is 5.92. The topological polar surface area (TPSA) is 71.3 Å². The van der Waals surface area contributed by atoms with Crippen molar-refractivity contribution in [2.75, 3.05) is 13.1 Å². The number of thiazole rings is 1. The maximum absolute atomic E-state index is 12.3. The number of hydrogen-bond acceptors (Lipinski definition) is 5. The average Bonchev–Trinajstić information content (AvgIpc) is 3.26. The number of halogens is 1. The number of carbonyl (C=O) groups is 1. The Labute approximate surface area is 141 Å². The molecule has 4 rings (SSSR count). The van der Waals surface area contributed by atoms with E-state index >= 15 is 0 Å². The van der Waals surface area contributed by atoms with E-state index in [0.29, 0.717) is 9.90 Å². The van der Waals surface area contributed by atoms with Gasteiger partial charge in [0.05, 0.1) is 17.4 Å². The van der Waals surface area contributed by atoms with Gasteiger partial charge < -0.3 is 10.6 Å². The van der Waals surface area contributed by atoms with Crippen LogP contribution < -0.4 is 10.6 Å². The van der Waals surface area contributed by atoms with Gasteiger partial charge >= 0.3 is 0 Å². The molecule has 0 radical (unpaired) electrons. The van der Waals surface area contributed by atoms with Crippen LogP contribution in [0.15, 0.2) is 30.7 Å². The van der Waals surface area contributed by atoms with Crippen LogP contribution >= 0.6 is 22.9 Å². The lowest BCUT2D eigenvalue weighted by molar-refractivity contribution is 0.0944. The lowest BCUT2D eigenvalue weighted by Gasteiger charge is -2.09. The van der Waals surface area contributed by atoms with Crippen LogP contribution in [-0.2, 0) is 0 Å². The largest absolute Gasteiger partial charge is 0.347 e. The second-order valence-electron chi connectivity index (χ2n) is 5.41. The van der Waals surface area contributed by atoms with Crippen LogP contribution in [0.1, 0.15) is 16.1 Å². The minimum Gasteiger partial charge on any atom is -0.347 e. The van der Waals surface area contributed by atoms with Gasteiger partial charge in [0, 0.05) is 18.8 Å². The highest BCUT2D eigenvalue weighted by molar-refractivity contribution is 7.16. The Morgan fingerprint density at radius 3 is 3.13 bits per heavy atom. The molecule has 3 aromatic rings. The van der Waals surface area contributed by atoms with E-state index < -0.39 is 0 Å². The molecule has 0 saturated carbocycles. The monoisotopic (exact) mass is 347 g/mol. The Balaban J connectivity index is 1.61. The van der Waals surface area contributed by atoms with E-state index in [2.05, 4.69) is 20.6 Å². The Hall–Kier alpha value is -1.96. The fourth-order valence-corrected chi connectivity index (χ4v) is 3.63. The molecule has 0 spiro atoms. The predicted octanol–water partition coefficient (Wildman–Crippen LogP) is 2.20. The number of imidazole rings is 1. The lowest BCUT2D eigenvalue weighted by atomic mass is 10.2. The normalized spacial score (nSPS) is 17.7. The summed E-state index contributed by atoms with van der Waals surface area (Å²) >= 11 is 7.41. The summed E-state index contributed by atoms with van der Waals surface area (Å²) < 4.78 is 1.88. The van der Waals surface area contributed by atoms with Crippen molar-refractivity contribution in [3.05, 3.63) is 40.6 Å². The zero-order valence-electron chi connectivity index (χ0n) is 12.1. The molecule has 1 saturated heterocycles. The van der Waals surface area contributed by atoms with E-state index in [1.807, 2.05) is 10.5 Å². The van der Waals surface area contributed by atoms with Gasteiger partial charge in [-0.1, -0.05) is 11.6 Å². The number of nitrogens with one attached hydrogen (secondary N) is 2. The van der Waals surface area contributed by atoms with Crippen molar-refractivity contribution in [3.63, 3.8) is 0 Å². The molecular formula is C15H14ClN5OS. The smallest absolute Gasteiger partial charge is 0.263 e. The van der Waals surface area contributed by atoms with Crippen LogP contribution in [0.2, 0.25) is 5.02 Å². The molecule has 2 N–H and O–H groups in total. The van der Waals surface area contributed by atoms with E-state index in [4.69, 9.17) is 11.6 Å². The Morgan fingerprint density at radius 2 is 2.30 bits per heavy atom. The maximum Gasteiger partial charge on any atom is 0.263 e. The summed E-state index contributed by atoms with van der Waals surface area (Å²) in [6.07, 6.45) is 6.11. The van der Waals surface area contributed by atoms with Crippen LogP contribution in [0, 0.1) is 0 Å². The van der Waals surface area contributed by atoms with Gasteiger partial charge in [-0.25, -0.2) is 9.97 Å². The average molecular weight is 348 g/mol. The Morgan fingerprint density at radius 1 is 1.39 bits per heavy atom. The summed E-state index contributed by atoms with van der Waals surface area (Å²) in [5.74, 6) is -0.0747. The van der Waals surface area contributed by atoms with Crippen LogP contribution in [0.3, 0.4) is 0 Å². The minimum absolute atomic E-state index is 0.0747. The van der Waals surface area contributed by atoms with E-state index in [0.717, 1.165) is 35.9 Å². The van der Waals surface area contributed by atoms with E-state index in [9.17, 15) is 4.79 Å². The molecule has 1 aliphatic heterocycles. The highest BCUT2D eigenvalue weighted by atomic mass is 35.5. The molecule has 23 heavy (non-hydrogen) atoms. The number of rotatable bonds is 3. The summed E-state index contributed by atoms with van der Waals surface area (Å²) in [5.41, 5.74) is 1.62. The van der Waals surface area contributed by atoms with Crippen molar-refractivity contribution in [3.8, 4) is 10.7 Å². The second-order valence-corrected chi connectivity index (χ2v) is 6.88. The molecule has 0 aliphatic carbocycles. The maximum atomic E-state index is 12.3. The first-order chi connectivity index (χ1) is 11.2. The zero-order valence-corrected chi connectivity index (χ0v) is 13.7. The van der Waals surface area contributed by atoms with Crippen molar-refractivity contribution < 1.29 is 4.79 Å². The summed E-state index contributed by atoms with van der Waals surface area (Å²) in [6, 6.07) is 3.84. The van der Waals surface area contributed by atoms with Gasteiger partial charge in [-0.15, -0.1) is 11.3 Å². The minimum atomic E-state index is -0.0747. The number of nitrogens with zero attached hydrogens (tertiary/aromatic N) is 3. The van der Waals surface area contributed by atoms with Crippen LogP contribution in [0.5, 0.6) is 0 Å². The number of fused-ring (bicyclic) bond motifs is 1. The lowest BCUT2D eigenvalue weighted by Crippen LogP contribution is -2.35. The van der Waals surface area contributed by atoms with Crippen molar-refractivity contribution in [2.45, 2.75) is 12.5 Å². The molecule has 0 bridgehead atoms. The molecule has 1 aliphatic rings. The van der Waals surface area contributed by atoms with Crippen LogP contribution in [-0.4, -0.2) is 39.4 Å². The number of carbonyl (C=O) groups excluding carboxylic acids is 1. The first kappa shape index (κ1) is 14.6. The number of hydrogen-bond donors (Lipinski definition) is 2. The predicted molar refractivity (Wildman–Crippen MR) is 90.1 cm³/mol. The van der Waals surface area contributed by atoms with Gasteiger partial charge in [-0.05, 0) is 25.1 Å². The van der Waals surface area contributed by atoms with Gasteiger partial charge in [-0.2, -0.15) is 0 Å². The van der Waals surface area contributed by atoms with Gasteiger partial charge in [-0.3, -0.25) is 9.20 Å². The molecule has 0 aromatic carbocycles. The van der Waals surface area contributed by atoms with Gasteiger partial charge in [0.25, 0.3) is 5.91 Å². The number of pyridine rings is 1. The standard InChI is InChI=1S/C15H14ClN5OS/c16-9-1-2-13-18-6-11(21(13)8-9)15-19-7-12(23-15)14(22)20-10-3-4-17-5-10/h1-2,6-8,10,17H,3-5H2,(H,20,22)/t10-/m1/s1. The molecule has 3 aromatic heterocycles. The third kappa shape index (κ3) is 2.83. The first-order valence-corrected chi connectivity index (χ1v) is 8.50. The third-order valence-electron chi connectivity index (χ3n) is 3.81. The Kier molecular flexibility index (Phi) is 3.76. The first-order valence-electron chi connectivity index (χ1n) is 7.31.